The molecular formula is C9H13N5O. The van der Waals surface area contributed by atoms with Crippen molar-refractivity contribution in [2.75, 3.05) is 37.3 Å². The predicted octanol–water partition coefficient (Wildman–Crippen LogP) is -0.663. The molecule has 2 N–H and O–H groups in total. The van der Waals surface area contributed by atoms with Crippen molar-refractivity contribution in [2.45, 2.75) is 0 Å². The van der Waals surface area contributed by atoms with Gasteiger partial charge in [0.2, 0.25) is 5.91 Å². The molecule has 6 heteroatoms. The Morgan fingerprint density at radius 1 is 1.40 bits per heavy atom. The Morgan fingerprint density at radius 3 is 2.87 bits per heavy atom. The van der Waals surface area contributed by atoms with Crippen molar-refractivity contribution in [3.63, 3.8) is 0 Å². The Bertz CT molecular complexity index is 381. The summed E-state index contributed by atoms with van der Waals surface area (Å²) in [5.74, 6) is 1.23. The molecule has 1 saturated heterocycles. The van der Waals surface area contributed by atoms with Crippen molar-refractivity contribution in [2.24, 2.45) is 0 Å². The highest BCUT2D eigenvalue weighted by molar-refractivity contribution is 5.82. The largest absolute Gasteiger partial charge is 0.384 e. The Morgan fingerprint density at radius 2 is 2.20 bits per heavy atom. The number of hydrogen-bond donors (Lipinski definition) is 1. The number of carbonyl (C=O) groups is 1. The molecule has 1 aliphatic rings. The second-order valence-electron chi connectivity index (χ2n) is 3.54. The smallest absolute Gasteiger partial charge is 0.241 e. The maximum Gasteiger partial charge on any atom is 0.241 e. The molecule has 0 aromatic carbocycles. The van der Waals surface area contributed by atoms with E-state index < -0.39 is 0 Å². The Balaban J connectivity index is 2.15. The molecule has 1 aromatic rings. The van der Waals surface area contributed by atoms with Crippen LogP contribution in [-0.4, -0.2) is 47.5 Å². The molecule has 2 heterocycles. The number of nitrogens with zero attached hydrogens (tertiary/aromatic N) is 4. The van der Waals surface area contributed by atoms with Gasteiger partial charge in [-0.1, -0.05) is 0 Å². The minimum atomic E-state index is 0.0958. The fourth-order valence-corrected chi connectivity index (χ4v) is 1.49. The van der Waals surface area contributed by atoms with Gasteiger partial charge in [-0.05, 0) is 0 Å². The average Bonchev–Trinajstić information content (AvgIpc) is 2.22. The molecular weight excluding hydrogens is 194 g/mol. The van der Waals surface area contributed by atoms with Gasteiger partial charge >= 0.3 is 0 Å². The van der Waals surface area contributed by atoms with Gasteiger partial charge in [0.25, 0.3) is 0 Å². The first kappa shape index (κ1) is 9.70. The van der Waals surface area contributed by atoms with E-state index in [4.69, 9.17) is 5.73 Å². The van der Waals surface area contributed by atoms with Crippen LogP contribution in [0.2, 0.25) is 0 Å². The molecule has 0 bridgehead atoms. The second kappa shape index (κ2) is 3.72. The standard InChI is InChI=1S/C9H13N5O/c1-13-2-3-14(5-9(13)15)8-4-7(10)11-6-12-8/h4,6H,2-3,5H2,1H3,(H2,10,11,12). The quantitative estimate of drug-likeness (QED) is 0.661. The molecule has 0 atom stereocenters. The van der Waals surface area contributed by atoms with Crippen LogP contribution in [0.1, 0.15) is 0 Å². The summed E-state index contributed by atoms with van der Waals surface area (Å²) in [5, 5.41) is 0. The minimum absolute atomic E-state index is 0.0958. The molecule has 2 rings (SSSR count). The van der Waals surface area contributed by atoms with Gasteiger partial charge in [-0.15, -0.1) is 0 Å². The van der Waals surface area contributed by atoms with E-state index in [0.717, 1.165) is 6.54 Å². The number of likely N-dealkylation sites (N-methyl/N-ethyl adjacent to an activating group) is 1. The van der Waals surface area contributed by atoms with Crippen LogP contribution in [0.4, 0.5) is 11.6 Å². The van der Waals surface area contributed by atoms with Crippen molar-refractivity contribution in [3.8, 4) is 0 Å². The van der Waals surface area contributed by atoms with E-state index in [-0.39, 0.29) is 5.91 Å². The summed E-state index contributed by atoms with van der Waals surface area (Å²) < 4.78 is 0. The maximum absolute atomic E-state index is 11.5. The molecule has 0 saturated carbocycles. The summed E-state index contributed by atoms with van der Waals surface area (Å²) in [6.45, 7) is 1.84. The Kier molecular flexibility index (Phi) is 2.40. The summed E-state index contributed by atoms with van der Waals surface area (Å²) in [6.07, 6.45) is 1.41. The number of amides is 1. The molecule has 0 aliphatic carbocycles. The molecule has 15 heavy (non-hydrogen) atoms. The van der Waals surface area contributed by atoms with Crippen molar-refractivity contribution >= 4 is 17.5 Å². The number of anilines is 2. The number of aromatic nitrogens is 2. The van der Waals surface area contributed by atoms with Gasteiger partial charge in [0, 0.05) is 26.2 Å². The lowest BCUT2D eigenvalue weighted by atomic mass is 10.3. The highest BCUT2D eigenvalue weighted by Gasteiger charge is 2.21. The van der Waals surface area contributed by atoms with Crippen LogP contribution in [0.25, 0.3) is 0 Å². The van der Waals surface area contributed by atoms with E-state index in [9.17, 15) is 4.79 Å². The number of nitrogen functional groups attached to an aromatic ring is 1. The first-order valence-electron chi connectivity index (χ1n) is 4.73. The minimum Gasteiger partial charge on any atom is -0.384 e. The maximum atomic E-state index is 11.5. The van der Waals surface area contributed by atoms with Gasteiger partial charge < -0.3 is 15.5 Å². The number of piperazine rings is 1. The molecule has 0 unspecified atom stereocenters. The number of hydrogen-bond acceptors (Lipinski definition) is 5. The summed E-state index contributed by atoms with van der Waals surface area (Å²) in [6, 6.07) is 1.68. The van der Waals surface area contributed by atoms with Gasteiger partial charge in [-0.2, -0.15) is 0 Å². The van der Waals surface area contributed by atoms with Crippen molar-refractivity contribution < 1.29 is 4.79 Å². The highest BCUT2D eigenvalue weighted by Crippen LogP contribution is 2.14. The van der Waals surface area contributed by atoms with Gasteiger partial charge in [0.15, 0.2) is 0 Å². The number of nitrogens with two attached hydrogens (primary N) is 1. The summed E-state index contributed by atoms with van der Waals surface area (Å²) in [7, 11) is 1.80. The molecule has 80 valence electrons. The van der Waals surface area contributed by atoms with Crippen LogP contribution in [0, 0.1) is 0 Å². The first-order valence-corrected chi connectivity index (χ1v) is 4.73. The van der Waals surface area contributed by atoms with Crippen molar-refractivity contribution in [1.82, 2.24) is 14.9 Å². The highest BCUT2D eigenvalue weighted by atomic mass is 16.2. The third-order valence-corrected chi connectivity index (χ3v) is 2.45. The van der Waals surface area contributed by atoms with Crippen molar-refractivity contribution in [1.29, 1.82) is 0 Å². The zero-order valence-corrected chi connectivity index (χ0v) is 8.55. The van der Waals surface area contributed by atoms with E-state index in [1.807, 2.05) is 4.90 Å². The van der Waals surface area contributed by atoms with Crippen LogP contribution < -0.4 is 10.6 Å². The topological polar surface area (TPSA) is 75.3 Å². The van der Waals surface area contributed by atoms with E-state index in [1.165, 1.54) is 6.33 Å². The number of rotatable bonds is 1. The summed E-state index contributed by atoms with van der Waals surface area (Å²) in [4.78, 5) is 23.0. The van der Waals surface area contributed by atoms with Gasteiger partial charge in [-0.25, -0.2) is 9.97 Å². The molecule has 1 fully saturated rings. The first-order chi connectivity index (χ1) is 7.16. The van der Waals surface area contributed by atoms with Crippen LogP contribution in [0.3, 0.4) is 0 Å². The van der Waals surface area contributed by atoms with Gasteiger partial charge in [0.05, 0.1) is 6.54 Å². The lowest BCUT2D eigenvalue weighted by Gasteiger charge is -2.32. The van der Waals surface area contributed by atoms with Gasteiger partial charge in [0.1, 0.15) is 18.0 Å². The molecule has 1 amide bonds. The van der Waals surface area contributed by atoms with Crippen LogP contribution in [0.5, 0.6) is 0 Å². The second-order valence-corrected chi connectivity index (χ2v) is 3.54. The predicted molar refractivity (Wildman–Crippen MR) is 56.3 cm³/mol. The molecule has 0 spiro atoms. The van der Waals surface area contributed by atoms with E-state index in [1.54, 1.807) is 18.0 Å². The van der Waals surface area contributed by atoms with E-state index in [2.05, 4.69) is 9.97 Å². The fraction of sp³-hybridized carbons (Fsp3) is 0.444. The lowest BCUT2D eigenvalue weighted by molar-refractivity contribution is -0.129. The third-order valence-electron chi connectivity index (χ3n) is 2.45. The summed E-state index contributed by atoms with van der Waals surface area (Å²) in [5.41, 5.74) is 5.55. The van der Waals surface area contributed by atoms with Crippen LogP contribution in [0.15, 0.2) is 12.4 Å². The van der Waals surface area contributed by atoms with E-state index in [0.29, 0.717) is 24.7 Å². The van der Waals surface area contributed by atoms with E-state index >= 15 is 0 Å². The zero-order valence-electron chi connectivity index (χ0n) is 8.55. The van der Waals surface area contributed by atoms with Crippen LogP contribution >= 0.6 is 0 Å². The monoisotopic (exact) mass is 207 g/mol. The SMILES string of the molecule is CN1CCN(c2cc(N)ncn2)CC1=O. The molecule has 6 nitrogen and oxygen atoms in total. The Labute approximate surface area is 87.7 Å². The summed E-state index contributed by atoms with van der Waals surface area (Å²) >= 11 is 0. The van der Waals surface area contributed by atoms with Gasteiger partial charge in [-0.3, -0.25) is 4.79 Å². The zero-order chi connectivity index (χ0) is 10.8. The lowest BCUT2D eigenvalue weighted by Crippen LogP contribution is -2.48. The normalized spacial score (nSPS) is 17.0. The fourth-order valence-electron chi connectivity index (χ4n) is 1.49. The average molecular weight is 207 g/mol. The number of carbonyl (C=O) groups excluding carboxylic acids is 1. The third kappa shape index (κ3) is 1.98. The molecule has 0 radical (unpaired) electrons. The Hall–Kier alpha value is -1.85. The molecule has 1 aliphatic heterocycles. The van der Waals surface area contributed by atoms with Crippen LogP contribution in [-0.2, 0) is 4.79 Å². The van der Waals surface area contributed by atoms with Crippen molar-refractivity contribution in [3.05, 3.63) is 12.4 Å². The molecule has 1 aromatic heterocycles.